The minimum Gasteiger partial charge on any atom is -0.409 e. The first-order valence-corrected chi connectivity index (χ1v) is 9.33. The molecule has 1 amide bonds. The fourth-order valence-corrected chi connectivity index (χ4v) is 4.63. The highest BCUT2D eigenvalue weighted by atomic mass is 35.5. The molecule has 0 aliphatic carbocycles. The fraction of sp³-hybridized carbons (Fsp3) is 0.350. The number of anilines is 2. The van der Waals surface area contributed by atoms with E-state index in [0.717, 1.165) is 13.0 Å². The van der Waals surface area contributed by atoms with Crippen LogP contribution in [0.3, 0.4) is 0 Å². The molecule has 2 heterocycles. The molecule has 1 fully saturated rings. The molecule has 2 atom stereocenters. The minimum absolute atomic E-state index is 0.0354. The average molecular weight is 387 g/mol. The summed E-state index contributed by atoms with van der Waals surface area (Å²) < 4.78 is 5.47. The second kappa shape index (κ2) is 6.62. The van der Waals surface area contributed by atoms with Crippen LogP contribution in [0.1, 0.15) is 18.9 Å². The Morgan fingerprint density at radius 1 is 1.26 bits per heavy atom. The first-order valence-electron chi connectivity index (χ1n) is 8.95. The molecule has 2 N–H and O–H groups in total. The third-order valence-electron chi connectivity index (χ3n) is 5.65. The first kappa shape index (κ1) is 17.9. The largest absolute Gasteiger partial charge is 0.431 e. The molecule has 2 aromatic rings. The maximum Gasteiger partial charge on any atom is 0.431 e. The van der Waals surface area contributed by atoms with Gasteiger partial charge >= 0.3 is 6.09 Å². The number of nitrogens with one attached hydrogen (secondary N) is 2. The molecule has 2 aromatic carbocycles. The summed E-state index contributed by atoms with van der Waals surface area (Å²) in [4.78, 5) is 16.8. The SMILES string of the molecule is CN1CC[C@@]2(C)c3cc(OC(=O)NNc4cccc(Cl)c4)ccc3N(C)C12. The van der Waals surface area contributed by atoms with Crippen LogP contribution in [0, 0.1) is 0 Å². The van der Waals surface area contributed by atoms with Crippen LogP contribution in [-0.4, -0.2) is 37.8 Å². The Balaban J connectivity index is 1.47. The molecular weight excluding hydrogens is 364 g/mol. The molecule has 7 heteroatoms. The third-order valence-corrected chi connectivity index (χ3v) is 5.88. The van der Waals surface area contributed by atoms with Crippen molar-refractivity contribution < 1.29 is 9.53 Å². The van der Waals surface area contributed by atoms with Crippen LogP contribution in [0.5, 0.6) is 5.75 Å². The zero-order chi connectivity index (χ0) is 19.2. The lowest BCUT2D eigenvalue weighted by Crippen LogP contribution is -2.45. The molecule has 1 saturated heterocycles. The molecule has 4 rings (SSSR count). The number of hydrogen-bond acceptors (Lipinski definition) is 5. The van der Waals surface area contributed by atoms with E-state index in [0.29, 0.717) is 22.6 Å². The zero-order valence-corrected chi connectivity index (χ0v) is 16.4. The molecule has 0 aromatic heterocycles. The Morgan fingerprint density at radius 2 is 2.07 bits per heavy atom. The number of likely N-dealkylation sites (N-methyl/N-ethyl adjacent to an activating group) is 2. The van der Waals surface area contributed by atoms with E-state index < -0.39 is 6.09 Å². The maximum absolute atomic E-state index is 12.1. The number of benzene rings is 2. The molecule has 1 unspecified atom stereocenters. The van der Waals surface area contributed by atoms with E-state index in [2.05, 4.69) is 41.7 Å². The van der Waals surface area contributed by atoms with Crippen molar-refractivity contribution >= 4 is 29.1 Å². The summed E-state index contributed by atoms with van der Waals surface area (Å²) in [5.41, 5.74) is 8.45. The summed E-state index contributed by atoms with van der Waals surface area (Å²) in [7, 11) is 4.28. The van der Waals surface area contributed by atoms with Crippen molar-refractivity contribution in [2.45, 2.75) is 24.9 Å². The quantitative estimate of drug-likeness (QED) is 0.785. The molecular formula is C20H23ClN4O2. The Morgan fingerprint density at radius 3 is 2.85 bits per heavy atom. The summed E-state index contributed by atoms with van der Waals surface area (Å²) >= 11 is 5.93. The van der Waals surface area contributed by atoms with Crippen LogP contribution in [0.2, 0.25) is 5.02 Å². The number of rotatable bonds is 3. The molecule has 6 nitrogen and oxygen atoms in total. The van der Waals surface area contributed by atoms with Crippen molar-refractivity contribution in [2.24, 2.45) is 0 Å². The number of hydrogen-bond donors (Lipinski definition) is 2. The van der Waals surface area contributed by atoms with E-state index >= 15 is 0 Å². The number of ether oxygens (including phenoxy) is 1. The van der Waals surface area contributed by atoms with E-state index in [1.165, 1.54) is 11.3 Å². The summed E-state index contributed by atoms with van der Waals surface area (Å²) in [5, 5.41) is 0.585. The molecule has 0 bridgehead atoms. The molecule has 2 aliphatic heterocycles. The Kier molecular flexibility index (Phi) is 4.40. The summed E-state index contributed by atoms with van der Waals surface area (Å²) in [6.07, 6.45) is 0.838. The van der Waals surface area contributed by atoms with Gasteiger partial charge < -0.3 is 9.64 Å². The Hall–Kier alpha value is -2.44. The number of carbonyl (C=O) groups excluding carboxylic acids is 1. The van der Waals surface area contributed by atoms with Gasteiger partial charge in [-0.3, -0.25) is 10.3 Å². The number of fused-ring (bicyclic) bond motifs is 3. The number of carbonyl (C=O) groups is 1. The normalized spacial score (nSPS) is 23.7. The standard InChI is InChI=1S/C20H23ClN4O2/c1-20-9-10-24(2)18(20)25(3)17-8-7-15(12-16(17)20)27-19(26)23-22-14-6-4-5-13(21)11-14/h4-8,11-12,18,22H,9-10H2,1-3H3,(H,23,26)/t18?,20-/m0/s1. The van der Waals surface area contributed by atoms with E-state index in [4.69, 9.17) is 16.3 Å². The van der Waals surface area contributed by atoms with Gasteiger partial charge in [-0.1, -0.05) is 24.6 Å². The second-order valence-electron chi connectivity index (χ2n) is 7.46. The van der Waals surface area contributed by atoms with Gasteiger partial charge in [0.25, 0.3) is 0 Å². The third kappa shape index (κ3) is 3.09. The topological polar surface area (TPSA) is 56.8 Å². The van der Waals surface area contributed by atoms with Crippen LogP contribution >= 0.6 is 11.6 Å². The predicted molar refractivity (Wildman–Crippen MR) is 107 cm³/mol. The van der Waals surface area contributed by atoms with Gasteiger partial charge in [-0.05, 0) is 55.4 Å². The smallest absolute Gasteiger partial charge is 0.409 e. The van der Waals surface area contributed by atoms with Crippen LogP contribution in [-0.2, 0) is 5.41 Å². The van der Waals surface area contributed by atoms with Crippen LogP contribution in [0.4, 0.5) is 16.2 Å². The number of likely N-dealkylation sites (tertiary alicyclic amines) is 1. The molecule has 27 heavy (non-hydrogen) atoms. The summed E-state index contributed by atoms with van der Waals surface area (Å²) in [6.45, 7) is 3.34. The summed E-state index contributed by atoms with van der Waals surface area (Å²) in [6, 6.07) is 12.9. The lowest BCUT2D eigenvalue weighted by molar-refractivity contribution is 0.202. The van der Waals surface area contributed by atoms with Gasteiger partial charge in [0, 0.05) is 29.7 Å². The van der Waals surface area contributed by atoms with Gasteiger partial charge in [-0.2, -0.15) is 0 Å². The minimum atomic E-state index is -0.577. The van der Waals surface area contributed by atoms with Crippen molar-refractivity contribution in [2.75, 3.05) is 31.0 Å². The fourth-order valence-electron chi connectivity index (χ4n) is 4.44. The Bertz CT molecular complexity index is 890. The average Bonchev–Trinajstić information content (AvgIpc) is 3.06. The molecule has 142 valence electrons. The summed E-state index contributed by atoms with van der Waals surface area (Å²) in [5.74, 6) is 0.531. The van der Waals surface area contributed by atoms with Gasteiger partial charge in [-0.25, -0.2) is 10.2 Å². The monoisotopic (exact) mass is 386 g/mol. The van der Waals surface area contributed by atoms with Crippen molar-refractivity contribution in [3.05, 3.63) is 53.1 Å². The van der Waals surface area contributed by atoms with E-state index in [1.807, 2.05) is 18.2 Å². The van der Waals surface area contributed by atoms with Crippen molar-refractivity contribution in [1.29, 1.82) is 0 Å². The highest BCUT2D eigenvalue weighted by Crippen LogP contribution is 2.51. The molecule has 2 aliphatic rings. The van der Waals surface area contributed by atoms with E-state index in [9.17, 15) is 4.79 Å². The second-order valence-corrected chi connectivity index (χ2v) is 7.90. The van der Waals surface area contributed by atoms with Gasteiger partial charge in [0.15, 0.2) is 0 Å². The van der Waals surface area contributed by atoms with Gasteiger partial charge in [-0.15, -0.1) is 0 Å². The highest BCUT2D eigenvalue weighted by molar-refractivity contribution is 6.30. The van der Waals surface area contributed by atoms with Crippen LogP contribution in [0.15, 0.2) is 42.5 Å². The molecule has 0 radical (unpaired) electrons. The van der Waals surface area contributed by atoms with Crippen LogP contribution < -0.4 is 20.5 Å². The van der Waals surface area contributed by atoms with Gasteiger partial charge in [0.1, 0.15) is 5.75 Å². The van der Waals surface area contributed by atoms with Gasteiger partial charge in [0.2, 0.25) is 0 Å². The number of amides is 1. The van der Waals surface area contributed by atoms with Crippen molar-refractivity contribution in [1.82, 2.24) is 10.3 Å². The lowest BCUT2D eigenvalue weighted by atomic mass is 9.81. The maximum atomic E-state index is 12.1. The molecule has 0 saturated carbocycles. The number of nitrogens with zero attached hydrogens (tertiary/aromatic N) is 2. The first-order chi connectivity index (χ1) is 12.9. The number of hydrazine groups is 1. The lowest BCUT2D eigenvalue weighted by Gasteiger charge is -2.32. The van der Waals surface area contributed by atoms with Gasteiger partial charge in [0.05, 0.1) is 11.9 Å². The molecule has 0 spiro atoms. The van der Waals surface area contributed by atoms with Crippen LogP contribution in [0.25, 0.3) is 0 Å². The van der Waals surface area contributed by atoms with Crippen molar-refractivity contribution in [3.8, 4) is 5.75 Å². The predicted octanol–water partition coefficient (Wildman–Crippen LogP) is 3.82. The van der Waals surface area contributed by atoms with Crippen molar-refractivity contribution in [3.63, 3.8) is 0 Å². The number of halogens is 1. The van der Waals surface area contributed by atoms with E-state index in [-0.39, 0.29) is 5.41 Å². The Labute approximate surface area is 164 Å². The van der Waals surface area contributed by atoms with E-state index in [1.54, 1.807) is 24.3 Å². The highest BCUT2D eigenvalue weighted by Gasteiger charge is 2.52. The zero-order valence-electron chi connectivity index (χ0n) is 15.6.